The number of thiazole rings is 1. The Kier molecular flexibility index (Phi) is 3.27. The van der Waals surface area contributed by atoms with Gasteiger partial charge < -0.3 is 4.74 Å². The molecule has 1 saturated carbocycles. The monoisotopic (exact) mass is 250 g/mol. The fourth-order valence-electron chi connectivity index (χ4n) is 3.13. The molecule has 1 aliphatic carbocycles. The second-order valence-corrected chi connectivity index (χ2v) is 5.90. The summed E-state index contributed by atoms with van der Waals surface area (Å²) in [6.45, 7) is 6.61. The molecule has 3 rings (SSSR count). The molecule has 0 N–H and O–H groups in total. The van der Waals surface area contributed by atoms with Gasteiger partial charge in [0.1, 0.15) is 5.01 Å². The third-order valence-corrected chi connectivity index (χ3v) is 4.55. The molecule has 1 saturated heterocycles. The van der Waals surface area contributed by atoms with Crippen molar-refractivity contribution in [1.82, 2.24) is 9.88 Å². The summed E-state index contributed by atoms with van der Waals surface area (Å²) >= 11 is 1.75. The van der Waals surface area contributed by atoms with E-state index < -0.39 is 0 Å². The maximum absolute atomic E-state index is 5.86. The molecule has 3 atom stereocenters. The minimum Gasteiger partial charge on any atom is -0.373 e. The molecule has 0 amide bonds. The molecule has 0 spiro atoms. The zero-order chi connectivity index (χ0) is 11.7. The van der Waals surface area contributed by atoms with Gasteiger partial charge in [0.25, 0.3) is 0 Å². The van der Waals surface area contributed by atoms with Crippen LogP contribution in [0.15, 0.2) is 24.2 Å². The zero-order valence-electron chi connectivity index (χ0n) is 9.92. The Hall–Kier alpha value is -0.710. The number of ether oxygens (including phenoxy) is 1. The molecule has 1 aliphatic heterocycles. The Labute approximate surface area is 106 Å². The first-order chi connectivity index (χ1) is 8.36. The van der Waals surface area contributed by atoms with Gasteiger partial charge in [0.15, 0.2) is 0 Å². The summed E-state index contributed by atoms with van der Waals surface area (Å²) in [7, 11) is 0. The first-order valence-corrected chi connectivity index (χ1v) is 7.09. The van der Waals surface area contributed by atoms with Crippen molar-refractivity contribution in [1.29, 1.82) is 0 Å². The van der Waals surface area contributed by atoms with Crippen LogP contribution in [0.25, 0.3) is 0 Å². The molecule has 0 radical (unpaired) electrons. The predicted molar refractivity (Wildman–Crippen MR) is 69.0 cm³/mol. The molecule has 2 bridgehead atoms. The molecule has 2 fully saturated rings. The number of piperidine rings is 1. The average molecular weight is 250 g/mol. The van der Waals surface area contributed by atoms with Gasteiger partial charge >= 0.3 is 0 Å². The molecule has 3 nitrogen and oxygen atoms in total. The van der Waals surface area contributed by atoms with E-state index >= 15 is 0 Å². The van der Waals surface area contributed by atoms with Gasteiger partial charge in [-0.1, -0.05) is 6.08 Å². The summed E-state index contributed by atoms with van der Waals surface area (Å²) in [6, 6.07) is 0.601. The van der Waals surface area contributed by atoms with E-state index in [0.29, 0.717) is 18.8 Å². The van der Waals surface area contributed by atoms with Crippen molar-refractivity contribution in [2.24, 2.45) is 5.92 Å². The Morgan fingerprint density at radius 2 is 2.53 bits per heavy atom. The van der Waals surface area contributed by atoms with Crippen molar-refractivity contribution in [3.63, 3.8) is 0 Å². The lowest BCUT2D eigenvalue weighted by molar-refractivity contribution is -0.000180. The van der Waals surface area contributed by atoms with Crippen LogP contribution in [-0.4, -0.2) is 35.2 Å². The Balaban J connectivity index is 1.61. The van der Waals surface area contributed by atoms with E-state index in [-0.39, 0.29) is 0 Å². The topological polar surface area (TPSA) is 25.4 Å². The van der Waals surface area contributed by atoms with Gasteiger partial charge in [0.05, 0.1) is 19.3 Å². The number of hydrogen-bond donors (Lipinski definition) is 0. The van der Waals surface area contributed by atoms with Crippen LogP contribution in [0.3, 0.4) is 0 Å². The van der Waals surface area contributed by atoms with Gasteiger partial charge in [-0.05, 0) is 18.8 Å². The second kappa shape index (κ2) is 4.88. The highest BCUT2D eigenvalue weighted by atomic mass is 32.1. The summed E-state index contributed by atoms with van der Waals surface area (Å²) in [5, 5.41) is 3.27. The van der Waals surface area contributed by atoms with Crippen LogP contribution in [-0.2, 0) is 11.3 Å². The lowest BCUT2D eigenvalue weighted by Crippen LogP contribution is -2.41. The van der Waals surface area contributed by atoms with Gasteiger partial charge in [-0.3, -0.25) is 4.90 Å². The highest BCUT2D eigenvalue weighted by Gasteiger charge is 2.45. The first-order valence-electron chi connectivity index (χ1n) is 6.21. The summed E-state index contributed by atoms with van der Waals surface area (Å²) < 4.78 is 5.86. The number of aromatic nitrogens is 1. The molecule has 4 heteroatoms. The first kappa shape index (κ1) is 11.4. The lowest BCUT2D eigenvalue weighted by atomic mass is 10.1. The van der Waals surface area contributed by atoms with Crippen LogP contribution in [0.5, 0.6) is 0 Å². The van der Waals surface area contributed by atoms with Crippen molar-refractivity contribution >= 4 is 11.3 Å². The zero-order valence-corrected chi connectivity index (χ0v) is 10.7. The van der Waals surface area contributed by atoms with Crippen molar-refractivity contribution < 1.29 is 4.74 Å². The van der Waals surface area contributed by atoms with Crippen LogP contribution < -0.4 is 0 Å². The number of nitrogens with zero attached hydrogens (tertiary/aromatic N) is 2. The number of likely N-dealkylation sites (tertiary alicyclic amines) is 1. The van der Waals surface area contributed by atoms with Crippen molar-refractivity contribution in [2.75, 3.05) is 13.2 Å². The highest BCUT2D eigenvalue weighted by Crippen LogP contribution is 2.40. The van der Waals surface area contributed by atoms with E-state index in [1.54, 1.807) is 11.3 Å². The molecule has 17 heavy (non-hydrogen) atoms. The van der Waals surface area contributed by atoms with Gasteiger partial charge in [-0.2, -0.15) is 0 Å². The van der Waals surface area contributed by atoms with E-state index in [0.717, 1.165) is 12.5 Å². The van der Waals surface area contributed by atoms with E-state index in [2.05, 4.69) is 21.8 Å². The largest absolute Gasteiger partial charge is 0.373 e. The SMILES string of the molecule is C=CCO[C@H]1C[C@H]2C[C@H]1N(Cc1nccs1)C2. The summed E-state index contributed by atoms with van der Waals surface area (Å²) in [5.74, 6) is 0.828. The molecule has 1 aromatic heterocycles. The maximum Gasteiger partial charge on any atom is 0.107 e. The quantitative estimate of drug-likeness (QED) is 0.750. The van der Waals surface area contributed by atoms with E-state index in [1.807, 2.05) is 12.3 Å². The molecule has 2 heterocycles. The Morgan fingerprint density at radius 3 is 3.24 bits per heavy atom. The molecule has 0 unspecified atom stereocenters. The molecule has 2 aliphatic rings. The molecule has 0 aromatic carbocycles. The van der Waals surface area contributed by atoms with Crippen LogP contribution >= 0.6 is 11.3 Å². The molecule has 92 valence electrons. The Morgan fingerprint density at radius 1 is 1.59 bits per heavy atom. The van der Waals surface area contributed by atoms with Gasteiger partial charge in [0.2, 0.25) is 0 Å². The highest BCUT2D eigenvalue weighted by molar-refractivity contribution is 7.09. The maximum atomic E-state index is 5.86. The lowest BCUT2D eigenvalue weighted by Gasteiger charge is -2.32. The molecule has 1 aromatic rings. The summed E-state index contributed by atoms with van der Waals surface area (Å²) in [4.78, 5) is 6.91. The van der Waals surface area contributed by atoms with Crippen LogP contribution in [0, 0.1) is 5.92 Å². The van der Waals surface area contributed by atoms with Crippen LogP contribution in [0.1, 0.15) is 17.8 Å². The average Bonchev–Trinajstić information content (AvgIpc) is 3.02. The van der Waals surface area contributed by atoms with Gasteiger partial charge in [-0.15, -0.1) is 17.9 Å². The number of rotatable bonds is 5. The summed E-state index contributed by atoms with van der Waals surface area (Å²) in [6.07, 6.45) is 6.67. The predicted octanol–water partition coefficient (Wildman–Crippen LogP) is 2.31. The van der Waals surface area contributed by atoms with Crippen molar-refractivity contribution in [3.05, 3.63) is 29.2 Å². The van der Waals surface area contributed by atoms with E-state index in [4.69, 9.17) is 4.74 Å². The van der Waals surface area contributed by atoms with Crippen LogP contribution in [0.4, 0.5) is 0 Å². The smallest absolute Gasteiger partial charge is 0.107 e. The second-order valence-electron chi connectivity index (χ2n) is 4.92. The van der Waals surface area contributed by atoms with E-state index in [9.17, 15) is 0 Å². The normalized spacial score (nSPS) is 32.1. The number of fused-ring (bicyclic) bond motifs is 2. The summed E-state index contributed by atoms with van der Waals surface area (Å²) in [5.41, 5.74) is 0. The molecular weight excluding hydrogens is 232 g/mol. The molecular formula is C13H18N2OS. The minimum atomic E-state index is 0.409. The third-order valence-electron chi connectivity index (χ3n) is 3.78. The fraction of sp³-hybridized carbons (Fsp3) is 0.615. The van der Waals surface area contributed by atoms with E-state index in [1.165, 1.54) is 24.4 Å². The van der Waals surface area contributed by atoms with Gasteiger partial charge in [0, 0.05) is 24.2 Å². The van der Waals surface area contributed by atoms with Crippen molar-refractivity contribution in [3.8, 4) is 0 Å². The minimum absolute atomic E-state index is 0.409. The van der Waals surface area contributed by atoms with Gasteiger partial charge in [-0.25, -0.2) is 4.98 Å². The Bertz CT molecular complexity index is 379. The number of hydrogen-bond acceptors (Lipinski definition) is 4. The fourth-order valence-corrected chi connectivity index (χ4v) is 3.77. The van der Waals surface area contributed by atoms with Crippen LogP contribution in [0.2, 0.25) is 0 Å². The standard InChI is InChI=1S/C13H18N2OS/c1-2-4-16-12-7-10-6-11(12)15(8-10)9-13-14-3-5-17-13/h2-3,5,10-12H,1,4,6-9H2/t10-,11-,12+/m1/s1. The third kappa shape index (κ3) is 2.30. The van der Waals surface area contributed by atoms with Crippen molar-refractivity contribution in [2.45, 2.75) is 31.5 Å².